The van der Waals surface area contributed by atoms with E-state index in [1.54, 1.807) is 0 Å². The van der Waals surface area contributed by atoms with Gasteiger partial charge >= 0.3 is 0 Å². The summed E-state index contributed by atoms with van der Waals surface area (Å²) >= 11 is 0. The first-order valence-corrected chi connectivity index (χ1v) is 8.24. The standard InChI is InChI=1S/C18H30N2/c1-14(2)11-16-9-6-10-17(12-16)18(20-19)13-15-7-4-3-5-8-15/h6,9-10,12,14-15,18,20H,3-5,7-8,11,13,19H2,1-2H3. The Bertz CT molecular complexity index is 394. The number of hydrazine groups is 1. The zero-order valence-electron chi connectivity index (χ0n) is 13.1. The summed E-state index contributed by atoms with van der Waals surface area (Å²) in [5.41, 5.74) is 5.84. The highest BCUT2D eigenvalue weighted by Crippen LogP contribution is 2.31. The minimum Gasteiger partial charge on any atom is -0.271 e. The molecule has 1 saturated carbocycles. The predicted octanol–water partition coefficient (Wildman–Crippen LogP) is 4.36. The molecule has 1 aromatic carbocycles. The summed E-state index contributed by atoms with van der Waals surface area (Å²) in [5.74, 6) is 7.37. The van der Waals surface area contributed by atoms with Gasteiger partial charge in [0, 0.05) is 6.04 Å². The summed E-state index contributed by atoms with van der Waals surface area (Å²) in [7, 11) is 0. The van der Waals surface area contributed by atoms with Gasteiger partial charge in [0.05, 0.1) is 0 Å². The molecule has 1 aromatic rings. The lowest BCUT2D eigenvalue weighted by Crippen LogP contribution is -2.30. The van der Waals surface area contributed by atoms with Gasteiger partial charge in [-0.05, 0) is 35.8 Å². The van der Waals surface area contributed by atoms with E-state index in [0.29, 0.717) is 12.0 Å². The summed E-state index contributed by atoms with van der Waals surface area (Å²) in [6.45, 7) is 4.54. The van der Waals surface area contributed by atoms with Gasteiger partial charge < -0.3 is 0 Å². The van der Waals surface area contributed by atoms with E-state index >= 15 is 0 Å². The lowest BCUT2D eigenvalue weighted by Gasteiger charge is -2.26. The summed E-state index contributed by atoms with van der Waals surface area (Å²) in [6.07, 6.45) is 9.30. The zero-order valence-corrected chi connectivity index (χ0v) is 13.1. The first kappa shape index (κ1) is 15.5. The third-order valence-corrected chi connectivity index (χ3v) is 4.49. The molecule has 0 aliphatic heterocycles. The van der Waals surface area contributed by atoms with Gasteiger partial charge in [0.1, 0.15) is 0 Å². The van der Waals surface area contributed by atoms with E-state index in [1.807, 2.05) is 0 Å². The third kappa shape index (κ3) is 4.60. The molecule has 0 bridgehead atoms. The van der Waals surface area contributed by atoms with Crippen LogP contribution in [0, 0.1) is 11.8 Å². The Morgan fingerprint density at radius 1 is 1.20 bits per heavy atom. The van der Waals surface area contributed by atoms with Crippen LogP contribution in [0.25, 0.3) is 0 Å². The quantitative estimate of drug-likeness (QED) is 0.597. The Kier molecular flexibility index (Phi) is 6.06. The molecule has 1 aliphatic carbocycles. The largest absolute Gasteiger partial charge is 0.271 e. The van der Waals surface area contributed by atoms with Crippen LogP contribution in [-0.4, -0.2) is 0 Å². The number of hydrogen-bond acceptors (Lipinski definition) is 2. The molecule has 0 amide bonds. The average Bonchev–Trinajstić information content (AvgIpc) is 2.45. The molecule has 0 spiro atoms. The molecule has 2 heteroatoms. The Morgan fingerprint density at radius 2 is 1.95 bits per heavy atom. The summed E-state index contributed by atoms with van der Waals surface area (Å²) in [4.78, 5) is 0. The van der Waals surface area contributed by atoms with Crippen molar-refractivity contribution in [3.63, 3.8) is 0 Å². The molecule has 2 rings (SSSR count). The smallest absolute Gasteiger partial charge is 0.0462 e. The van der Waals surface area contributed by atoms with Crippen LogP contribution < -0.4 is 11.3 Å². The monoisotopic (exact) mass is 274 g/mol. The van der Waals surface area contributed by atoms with Crippen LogP contribution in [0.15, 0.2) is 24.3 Å². The topological polar surface area (TPSA) is 38.0 Å². The number of hydrogen-bond donors (Lipinski definition) is 2. The van der Waals surface area contributed by atoms with Crippen LogP contribution in [0.3, 0.4) is 0 Å². The van der Waals surface area contributed by atoms with Crippen molar-refractivity contribution in [3.8, 4) is 0 Å². The molecule has 0 radical (unpaired) electrons. The van der Waals surface area contributed by atoms with E-state index in [-0.39, 0.29) is 0 Å². The lowest BCUT2D eigenvalue weighted by molar-refractivity contribution is 0.301. The molecule has 1 unspecified atom stereocenters. The first-order chi connectivity index (χ1) is 9.69. The molecule has 3 N–H and O–H groups in total. The van der Waals surface area contributed by atoms with Gasteiger partial charge in [0.2, 0.25) is 0 Å². The predicted molar refractivity (Wildman–Crippen MR) is 86.2 cm³/mol. The van der Waals surface area contributed by atoms with E-state index in [2.05, 4.69) is 43.5 Å². The van der Waals surface area contributed by atoms with Crippen molar-refractivity contribution in [3.05, 3.63) is 35.4 Å². The molecule has 1 aliphatic rings. The van der Waals surface area contributed by atoms with Crippen molar-refractivity contribution >= 4 is 0 Å². The van der Waals surface area contributed by atoms with Crippen molar-refractivity contribution in [2.45, 2.75) is 64.8 Å². The maximum Gasteiger partial charge on any atom is 0.0462 e. The van der Waals surface area contributed by atoms with Crippen LogP contribution in [0.2, 0.25) is 0 Å². The van der Waals surface area contributed by atoms with Crippen LogP contribution in [0.4, 0.5) is 0 Å². The average molecular weight is 274 g/mol. The molecule has 20 heavy (non-hydrogen) atoms. The normalized spacial score (nSPS) is 18.4. The van der Waals surface area contributed by atoms with Gasteiger partial charge in [-0.3, -0.25) is 11.3 Å². The van der Waals surface area contributed by atoms with E-state index in [9.17, 15) is 0 Å². The SMILES string of the molecule is CC(C)Cc1cccc(C(CC2CCCCC2)NN)c1. The Hall–Kier alpha value is -0.860. The highest BCUT2D eigenvalue weighted by molar-refractivity contribution is 5.26. The number of benzene rings is 1. The molecular formula is C18H30N2. The van der Waals surface area contributed by atoms with Gasteiger partial charge in [0.25, 0.3) is 0 Å². The highest BCUT2D eigenvalue weighted by Gasteiger charge is 2.19. The molecule has 0 heterocycles. The number of rotatable bonds is 6. The van der Waals surface area contributed by atoms with Crippen LogP contribution in [-0.2, 0) is 6.42 Å². The van der Waals surface area contributed by atoms with E-state index < -0.39 is 0 Å². The first-order valence-electron chi connectivity index (χ1n) is 8.24. The van der Waals surface area contributed by atoms with Gasteiger partial charge in [-0.25, -0.2) is 0 Å². The van der Waals surface area contributed by atoms with E-state index in [1.165, 1.54) is 49.7 Å². The minimum absolute atomic E-state index is 0.310. The maximum absolute atomic E-state index is 5.82. The second-order valence-corrected chi connectivity index (χ2v) is 6.80. The summed E-state index contributed by atoms with van der Waals surface area (Å²) in [6, 6.07) is 9.28. The Labute approximate surface area is 124 Å². The highest BCUT2D eigenvalue weighted by atomic mass is 15.2. The van der Waals surface area contributed by atoms with Gasteiger partial charge in [-0.1, -0.05) is 70.2 Å². The Balaban J connectivity index is 2.02. The fraction of sp³-hybridized carbons (Fsp3) is 0.667. The van der Waals surface area contributed by atoms with Crippen LogP contribution in [0.1, 0.15) is 69.5 Å². The van der Waals surface area contributed by atoms with E-state index in [4.69, 9.17) is 5.84 Å². The lowest BCUT2D eigenvalue weighted by atomic mass is 9.83. The number of nitrogens with one attached hydrogen (secondary N) is 1. The zero-order chi connectivity index (χ0) is 14.4. The third-order valence-electron chi connectivity index (χ3n) is 4.49. The van der Waals surface area contributed by atoms with Crippen LogP contribution >= 0.6 is 0 Å². The molecule has 2 nitrogen and oxygen atoms in total. The van der Waals surface area contributed by atoms with Gasteiger partial charge in [-0.15, -0.1) is 0 Å². The second kappa shape index (κ2) is 7.80. The summed E-state index contributed by atoms with van der Waals surface area (Å²) in [5, 5.41) is 0. The fourth-order valence-electron chi connectivity index (χ4n) is 3.46. The molecule has 112 valence electrons. The van der Waals surface area contributed by atoms with Crippen LogP contribution in [0.5, 0.6) is 0 Å². The number of nitrogens with two attached hydrogens (primary N) is 1. The van der Waals surface area contributed by atoms with Crippen molar-refractivity contribution in [1.82, 2.24) is 5.43 Å². The molecule has 1 atom stereocenters. The van der Waals surface area contributed by atoms with Crippen molar-refractivity contribution in [2.75, 3.05) is 0 Å². The van der Waals surface area contributed by atoms with Crippen molar-refractivity contribution < 1.29 is 0 Å². The maximum atomic E-state index is 5.82. The molecule has 0 saturated heterocycles. The Morgan fingerprint density at radius 3 is 2.60 bits per heavy atom. The van der Waals surface area contributed by atoms with Crippen molar-refractivity contribution in [2.24, 2.45) is 17.7 Å². The molecular weight excluding hydrogens is 244 g/mol. The van der Waals surface area contributed by atoms with Crippen molar-refractivity contribution in [1.29, 1.82) is 0 Å². The minimum atomic E-state index is 0.310. The molecule has 0 aromatic heterocycles. The fourth-order valence-corrected chi connectivity index (χ4v) is 3.46. The van der Waals surface area contributed by atoms with E-state index in [0.717, 1.165) is 12.3 Å². The molecule has 1 fully saturated rings. The van der Waals surface area contributed by atoms with Gasteiger partial charge in [0.15, 0.2) is 0 Å². The second-order valence-electron chi connectivity index (χ2n) is 6.80. The van der Waals surface area contributed by atoms with Gasteiger partial charge in [-0.2, -0.15) is 0 Å². The summed E-state index contributed by atoms with van der Waals surface area (Å²) < 4.78 is 0.